The van der Waals surface area contributed by atoms with Crippen molar-refractivity contribution in [3.05, 3.63) is 24.3 Å². The number of hydrogen-bond acceptors (Lipinski definition) is 1. The third kappa shape index (κ3) is 160. The Bertz CT molecular complexity index is 178. The first kappa shape index (κ1) is 27.7. The lowest BCUT2D eigenvalue weighted by Crippen LogP contribution is -2.33. The Labute approximate surface area is 129 Å². The highest BCUT2D eigenvalue weighted by atomic mass is 16.2. The van der Waals surface area contributed by atoms with Gasteiger partial charge >= 0.3 is 0 Å². The Kier molecular flexibility index (Phi) is 28.7. The highest BCUT2D eigenvalue weighted by molar-refractivity contribution is 4.79. The molecule has 0 fully saturated rings. The van der Waals surface area contributed by atoms with Crippen molar-refractivity contribution < 1.29 is 9.59 Å². The molecule has 20 heavy (non-hydrogen) atoms. The molecule has 0 aliphatic heterocycles. The summed E-state index contributed by atoms with van der Waals surface area (Å²) in [7, 11) is 6.54. The molecule has 0 aliphatic carbocycles. The van der Waals surface area contributed by atoms with Gasteiger partial charge < -0.3 is 9.59 Å². The van der Waals surface area contributed by atoms with Crippen molar-refractivity contribution in [1.82, 2.24) is 0 Å². The maximum Gasteiger partial charge on any atom is 0.0751 e. The van der Waals surface area contributed by atoms with Gasteiger partial charge in [-0.15, -0.1) is 13.2 Å². The van der Waals surface area contributed by atoms with Crippen molar-refractivity contribution in [1.29, 1.82) is 0 Å². The van der Waals surface area contributed by atoms with E-state index in [9.17, 15) is 0 Å². The van der Waals surface area contributed by atoms with Crippen LogP contribution in [0.1, 0.15) is 60.8 Å². The maximum atomic E-state index is 8.20. The predicted octanol–water partition coefficient (Wildman–Crippen LogP) is 5.05. The maximum absolute atomic E-state index is 8.20. The number of hydrogen-bond donors (Lipinski definition) is 1. The van der Waals surface area contributed by atoms with Crippen molar-refractivity contribution >= 4 is 0 Å². The predicted molar refractivity (Wildman–Crippen MR) is 96.2 cm³/mol. The number of allylic oxidation sites excluding steroid dienone is 2. The number of nitrogens with zero attached hydrogens (tertiary/aromatic N) is 1. The molecule has 0 radical (unpaired) electrons. The van der Waals surface area contributed by atoms with Gasteiger partial charge in [-0.05, 0) is 41.0 Å². The largest absolute Gasteiger partial charge is 0.396 e. The molecule has 0 heterocycles. The fourth-order valence-electron chi connectivity index (χ4n) is 0.362. The lowest BCUT2D eigenvalue weighted by Gasteiger charge is -2.20. The second-order valence-electron chi connectivity index (χ2n) is 6.45. The molecule has 2 heteroatoms. The van der Waals surface area contributed by atoms with E-state index in [1.54, 1.807) is 0 Å². The van der Waals surface area contributed by atoms with E-state index in [-0.39, 0.29) is 0 Å². The summed E-state index contributed by atoms with van der Waals surface area (Å²) in [5.41, 5.74) is 2.33. The van der Waals surface area contributed by atoms with Crippen LogP contribution in [-0.4, -0.2) is 43.9 Å². The molecular weight excluding hydrogens is 246 g/mol. The second kappa shape index (κ2) is 20.7. The van der Waals surface area contributed by atoms with Gasteiger partial charge in [0.1, 0.15) is 0 Å². The lowest BCUT2D eigenvalue weighted by molar-refractivity contribution is -0.868. The first-order valence-electron chi connectivity index (χ1n) is 7.60. The molecule has 0 unspecified atom stereocenters. The second-order valence-corrected chi connectivity index (χ2v) is 6.45. The van der Waals surface area contributed by atoms with Gasteiger partial charge in [-0.3, -0.25) is 0 Å². The first-order valence-corrected chi connectivity index (χ1v) is 7.60. The van der Waals surface area contributed by atoms with Gasteiger partial charge in [-0.2, -0.15) is 0 Å². The van der Waals surface area contributed by atoms with Gasteiger partial charge in [0.15, 0.2) is 0 Å². The molecule has 0 spiro atoms. The van der Waals surface area contributed by atoms with Crippen LogP contribution in [0, 0.1) is 0 Å². The lowest BCUT2D eigenvalue weighted by atomic mass is 10.3. The Morgan fingerprint density at radius 2 is 1.10 bits per heavy atom. The average Bonchev–Trinajstić information content (AvgIpc) is 2.24. The monoisotopic (exact) mass is 288 g/mol. The highest BCUT2D eigenvalue weighted by Crippen LogP contribution is 1.89. The summed E-state index contributed by atoms with van der Waals surface area (Å²) in [6.07, 6.45) is 3.33. The van der Waals surface area contributed by atoms with Gasteiger partial charge in [-0.25, -0.2) is 0 Å². The number of aliphatic hydroxyl groups excluding tert-OH is 1. The zero-order valence-electron chi connectivity index (χ0n) is 15.8. The van der Waals surface area contributed by atoms with Crippen LogP contribution in [0.25, 0.3) is 0 Å². The molecule has 0 aromatic rings. The molecule has 0 saturated carbocycles. The molecule has 0 aliphatic rings. The van der Waals surface area contributed by atoms with Gasteiger partial charge in [0.05, 0.1) is 27.7 Å². The molecule has 0 aromatic heterocycles. The number of aliphatic hydroxyl groups is 1. The molecule has 0 amide bonds. The van der Waals surface area contributed by atoms with Crippen LogP contribution in [0.3, 0.4) is 0 Å². The molecule has 0 aromatic carbocycles. The van der Waals surface area contributed by atoms with E-state index in [0.29, 0.717) is 6.61 Å². The minimum Gasteiger partial charge on any atom is -0.396 e. The zero-order valence-corrected chi connectivity index (χ0v) is 15.8. The van der Waals surface area contributed by atoms with E-state index in [2.05, 4.69) is 48.1 Å². The SMILES string of the molecule is C=C(C)C.C=C(C)C.CCCCCO.CC[N+](C)(C)C. The van der Waals surface area contributed by atoms with Crippen LogP contribution in [-0.2, 0) is 0 Å². The van der Waals surface area contributed by atoms with Crippen molar-refractivity contribution in [2.45, 2.75) is 60.8 Å². The third-order valence-electron chi connectivity index (χ3n) is 1.71. The van der Waals surface area contributed by atoms with Gasteiger partial charge in [0, 0.05) is 6.61 Å². The summed E-state index contributed by atoms with van der Waals surface area (Å²) in [5, 5.41) is 8.20. The van der Waals surface area contributed by atoms with Crippen LogP contribution in [0.5, 0.6) is 0 Å². The standard InChI is InChI=1S/C5H14N.C5H12O.2C4H8/c1-5-6(2,3)4;1-2-3-4-5-6;2*1-4(2)3/h5H2,1-4H3;6H,2-5H2,1H3;2*1H2,2-3H3/q+1;;;. The van der Waals surface area contributed by atoms with E-state index >= 15 is 0 Å². The van der Waals surface area contributed by atoms with Crippen molar-refractivity contribution in [2.24, 2.45) is 0 Å². The van der Waals surface area contributed by atoms with Gasteiger partial charge in [-0.1, -0.05) is 30.9 Å². The van der Waals surface area contributed by atoms with Gasteiger partial charge in [0.25, 0.3) is 0 Å². The Morgan fingerprint density at radius 1 is 0.850 bits per heavy atom. The van der Waals surface area contributed by atoms with Crippen molar-refractivity contribution in [3.8, 4) is 0 Å². The Hall–Kier alpha value is -0.600. The quantitative estimate of drug-likeness (QED) is 0.436. The van der Waals surface area contributed by atoms with Crippen LogP contribution in [0.15, 0.2) is 24.3 Å². The van der Waals surface area contributed by atoms with Gasteiger partial charge in [0.2, 0.25) is 0 Å². The van der Waals surface area contributed by atoms with Crippen molar-refractivity contribution in [2.75, 3.05) is 34.3 Å². The molecule has 2 nitrogen and oxygen atoms in total. The Morgan fingerprint density at radius 3 is 1.15 bits per heavy atom. The van der Waals surface area contributed by atoms with Crippen molar-refractivity contribution in [3.63, 3.8) is 0 Å². The first-order chi connectivity index (χ1) is 8.94. The zero-order chi connectivity index (χ0) is 17.2. The fraction of sp³-hybridized carbons (Fsp3) is 0.778. The summed E-state index contributed by atoms with van der Waals surface area (Å²) >= 11 is 0. The molecule has 1 N–H and O–H groups in total. The number of rotatable bonds is 4. The van der Waals surface area contributed by atoms with E-state index in [1.807, 2.05) is 27.7 Å². The van der Waals surface area contributed by atoms with E-state index in [1.165, 1.54) is 24.1 Å². The number of quaternary nitrogens is 1. The van der Waals surface area contributed by atoms with Crippen LogP contribution in [0.2, 0.25) is 0 Å². The summed E-state index contributed by atoms with van der Waals surface area (Å²) in [6.45, 7) is 20.9. The smallest absolute Gasteiger partial charge is 0.0751 e. The normalized spacial score (nSPS) is 8.90. The van der Waals surface area contributed by atoms with Crippen LogP contribution < -0.4 is 0 Å². The molecule has 0 rings (SSSR count). The molecule has 0 bridgehead atoms. The topological polar surface area (TPSA) is 20.2 Å². The molecule has 0 saturated heterocycles. The summed E-state index contributed by atoms with van der Waals surface area (Å²) in [6, 6.07) is 0. The van der Waals surface area contributed by atoms with E-state index in [4.69, 9.17) is 5.11 Å². The molecular formula is C18H42NO+. The third-order valence-corrected chi connectivity index (χ3v) is 1.71. The van der Waals surface area contributed by atoms with Crippen LogP contribution >= 0.6 is 0 Å². The minimum atomic E-state index is 0.355. The molecule has 124 valence electrons. The van der Waals surface area contributed by atoms with E-state index < -0.39 is 0 Å². The average molecular weight is 289 g/mol. The van der Waals surface area contributed by atoms with E-state index in [0.717, 1.165) is 17.3 Å². The summed E-state index contributed by atoms with van der Waals surface area (Å²) < 4.78 is 1.07. The summed E-state index contributed by atoms with van der Waals surface area (Å²) in [5.74, 6) is 0. The van der Waals surface area contributed by atoms with Crippen LogP contribution in [0.4, 0.5) is 0 Å². The fourth-order valence-corrected chi connectivity index (χ4v) is 0.362. The Balaban J connectivity index is -0.0000000871. The summed E-state index contributed by atoms with van der Waals surface area (Å²) in [4.78, 5) is 0. The number of unbranched alkanes of at least 4 members (excludes halogenated alkanes) is 2. The highest BCUT2D eigenvalue weighted by Gasteiger charge is 1.97. The molecule has 0 atom stereocenters. The minimum absolute atomic E-state index is 0.355.